The summed E-state index contributed by atoms with van der Waals surface area (Å²) in [5.74, 6) is -1.66. The van der Waals surface area contributed by atoms with Gasteiger partial charge in [-0.05, 0) is 43.0 Å². The Morgan fingerprint density at radius 2 is 1.45 bits per heavy atom. The third-order valence-electron chi connectivity index (χ3n) is 5.46. The van der Waals surface area contributed by atoms with E-state index in [9.17, 15) is 14.4 Å². The van der Waals surface area contributed by atoms with Crippen molar-refractivity contribution in [2.45, 2.75) is 32.2 Å². The molecule has 0 saturated heterocycles. The van der Waals surface area contributed by atoms with Crippen molar-refractivity contribution in [3.63, 3.8) is 0 Å². The van der Waals surface area contributed by atoms with Crippen LogP contribution in [0.15, 0.2) is 48.5 Å². The van der Waals surface area contributed by atoms with Gasteiger partial charge in [-0.25, -0.2) is 4.79 Å². The van der Waals surface area contributed by atoms with Crippen LogP contribution in [-0.2, 0) is 14.3 Å². The van der Waals surface area contributed by atoms with Crippen LogP contribution >= 0.6 is 0 Å². The summed E-state index contributed by atoms with van der Waals surface area (Å²) in [6, 6.07) is 16.1. The predicted octanol–water partition coefficient (Wildman–Crippen LogP) is 3.58. The van der Waals surface area contributed by atoms with Gasteiger partial charge in [0.25, 0.3) is 0 Å². The minimum Gasteiger partial charge on any atom is -0.480 e. The highest BCUT2D eigenvalue weighted by atomic mass is 16.6. The highest BCUT2D eigenvalue weighted by Gasteiger charge is 2.33. The van der Waals surface area contributed by atoms with E-state index in [1.807, 2.05) is 36.4 Å². The number of benzene rings is 2. The van der Waals surface area contributed by atoms with Crippen LogP contribution < -0.4 is 0 Å². The van der Waals surface area contributed by atoms with Crippen LogP contribution in [0.2, 0.25) is 0 Å². The third kappa shape index (κ3) is 4.87. The molecule has 0 bridgehead atoms. The van der Waals surface area contributed by atoms with Crippen LogP contribution in [0.5, 0.6) is 0 Å². The average Bonchev–Trinajstić information content (AvgIpc) is 3.02. The molecule has 1 aliphatic rings. The SMILES string of the molecule is CN(CC(=O)O)C(=O)CN(C(=O)OCC1c2ccccc2-c2ccccc21)C(C)(C)C. The molecule has 7 nitrogen and oxygen atoms in total. The standard InChI is InChI=1S/C24H28N2O5/c1-24(2,3)26(13-21(27)25(4)14-22(28)29)23(30)31-15-20-18-11-7-5-9-16(18)17-10-6-8-12-19(17)20/h5-12,20H,13-15H2,1-4H3,(H,28,29). The predicted molar refractivity (Wildman–Crippen MR) is 117 cm³/mol. The molecule has 2 amide bonds. The lowest BCUT2D eigenvalue weighted by Gasteiger charge is -2.35. The minimum atomic E-state index is -1.11. The number of likely N-dealkylation sites (N-methyl/N-ethyl adjacent to an activating group) is 1. The molecule has 0 unspecified atom stereocenters. The van der Waals surface area contributed by atoms with Crippen molar-refractivity contribution in [2.75, 3.05) is 26.7 Å². The number of rotatable bonds is 6. The fourth-order valence-corrected chi connectivity index (χ4v) is 3.79. The molecule has 0 aromatic heterocycles. The molecule has 1 aliphatic carbocycles. The molecule has 0 atom stereocenters. The van der Waals surface area contributed by atoms with Crippen molar-refractivity contribution in [3.05, 3.63) is 59.7 Å². The maximum absolute atomic E-state index is 13.0. The van der Waals surface area contributed by atoms with Crippen molar-refractivity contribution in [1.82, 2.24) is 9.80 Å². The van der Waals surface area contributed by atoms with Gasteiger partial charge in [-0.1, -0.05) is 48.5 Å². The number of nitrogens with zero attached hydrogens (tertiary/aromatic N) is 2. The second-order valence-corrected chi connectivity index (χ2v) is 8.70. The zero-order valence-electron chi connectivity index (χ0n) is 18.3. The second-order valence-electron chi connectivity index (χ2n) is 8.70. The van der Waals surface area contributed by atoms with Crippen molar-refractivity contribution in [3.8, 4) is 11.1 Å². The Kier molecular flexibility index (Phi) is 6.34. The lowest BCUT2D eigenvalue weighted by Crippen LogP contribution is -2.51. The molecule has 31 heavy (non-hydrogen) atoms. The second kappa shape index (κ2) is 8.79. The number of hydrogen-bond donors (Lipinski definition) is 1. The molecule has 0 radical (unpaired) electrons. The van der Waals surface area contributed by atoms with Gasteiger partial charge in [0.15, 0.2) is 0 Å². The minimum absolute atomic E-state index is 0.0800. The summed E-state index contributed by atoms with van der Waals surface area (Å²) in [5.41, 5.74) is 3.81. The van der Waals surface area contributed by atoms with Gasteiger partial charge in [-0.2, -0.15) is 0 Å². The van der Waals surface area contributed by atoms with E-state index >= 15 is 0 Å². The third-order valence-corrected chi connectivity index (χ3v) is 5.46. The van der Waals surface area contributed by atoms with Gasteiger partial charge in [0.2, 0.25) is 5.91 Å². The summed E-state index contributed by atoms with van der Waals surface area (Å²) in [4.78, 5) is 38.7. The van der Waals surface area contributed by atoms with Crippen LogP contribution in [0.25, 0.3) is 11.1 Å². The summed E-state index contributed by atoms with van der Waals surface area (Å²) in [6.07, 6.45) is -0.605. The van der Waals surface area contributed by atoms with Crippen LogP contribution in [-0.4, -0.2) is 65.2 Å². The van der Waals surface area contributed by atoms with Gasteiger partial charge >= 0.3 is 12.1 Å². The molecule has 0 aliphatic heterocycles. The Labute approximate surface area is 182 Å². The highest BCUT2D eigenvalue weighted by molar-refractivity contribution is 5.85. The van der Waals surface area contributed by atoms with Gasteiger partial charge in [0.05, 0.1) is 0 Å². The van der Waals surface area contributed by atoms with Crippen LogP contribution in [0.4, 0.5) is 4.79 Å². The number of fused-ring (bicyclic) bond motifs is 3. The fraction of sp³-hybridized carbons (Fsp3) is 0.375. The maximum Gasteiger partial charge on any atom is 0.410 e. The number of aliphatic carboxylic acids is 1. The molecule has 3 rings (SSSR count). The molecule has 164 valence electrons. The fourth-order valence-electron chi connectivity index (χ4n) is 3.79. The Balaban J connectivity index is 1.74. The number of hydrogen-bond acceptors (Lipinski definition) is 4. The van der Waals surface area contributed by atoms with E-state index in [2.05, 4.69) is 12.1 Å². The number of carbonyl (C=O) groups is 3. The van der Waals surface area contributed by atoms with E-state index in [0.29, 0.717) is 0 Å². The van der Waals surface area contributed by atoms with Gasteiger partial charge in [0.1, 0.15) is 19.7 Å². The van der Waals surface area contributed by atoms with E-state index in [1.165, 1.54) is 11.9 Å². The van der Waals surface area contributed by atoms with Crippen LogP contribution in [0.1, 0.15) is 37.8 Å². The molecule has 2 aromatic rings. The molecule has 0 fully saturated rings. The summed E-state index contributed by atoms with van der Waals surface area (Å²) in [5, 5.41) is 8.90. The van der Waals surface area contributed by atoms with Crippen LogP contribution in [0.3, 0.4) is 0 Å². The quantitative estimate of drug-likeness (QED) is 0.766. The lowest BCUT2D eigenvalue weighted by atomic mass is 9.98. The molecule has 7 heteroatoms. The number of ether oxygens (including phenoxy) is 1. The smallest absolute Gasteiger partial charge is 0.410 e. The van der Waals surface area contributed by atoms with Gasteiger partial charge in [-0.3, -0.25) is 14.5 Å². The van der Waals surface area contributed by atoms with Crippen molar-refractivity contribution in [2.24, 2.45) is 0 Å². The number of carboxylic acid groups (broad SMARTS) is 1. The van der Waals surface area contributed by atoms with E-state index < -0.39 is 30.1 Å². The van der Waals surface area contributed by atoms with Crippen molar-refractivity contribution < 1.29 is 24.2 Å². The Hall–Kier alpha value is -3.35. The Morgan fingerprint density at radius 3 is 1.94 bits per heavy atom. The van der Waals surface area contributed by atoms with E-state index in [1.54, 1.807) is 20.8 Å². The van der Waals surface area contributed by atoms with Crippen molar-refractivity contribution >= 4 is 18.0 Å². The monoisotopic (exact) mass is 424 g/mol. The number of carbonyl (C=O) groups excluding carboxylic acids is 2. The van der Waals surface area contributed by atoms with E-state index in [-0.39, 0.29) is 19.1 Å². The maximum atomic E-state index is 13.0. The normalized spacial score (nSPS) is 12.6. The van der Waals surface area contributed by atoms with E-state index in [0.717, 1.165) is 27.2 Å². The number of carboxylic acids is 1. The van der Waals surface area contributed by atoms with E-state index in [4.69, 9.17) is 9.84 Å². The first-order valence-corrected chi connectivity index (χ1v) is 10.2. The summed E-state index contributed by atoms with van der Waals surface area (Å²) < 4.78 is 5.69. The van der Waals surface area contributed by atoms with Gasteiger partial charge in [0, 0.05) is 18.5 Å². The summed E-state index contributed by atoms with van der Waals surface area (Å²) in [7, 11) is 1.40. The lowest BCUT2D eigenvalue weighted by molar-refractivity contribution is -0.144. The molecule has 0 heterocycles. The zero-order valence-corrected chi connectivity index (χ0v) is 18.3. The molecule has 0 saturated carbocycles. The first kappa shape index (κ1) is 22.3. The topological polar surface area (TPSA) is 87.2 Å². The molecule has 2 aromatic carbocycles. The Bertz CT molecular complexity index is 950. The average molecular weight is 424 g/mol. The highest BCUT2D eigenvalue weighted by Crippen LogP contribution is 2.44. The number of amides is 2. The molecular weight excluding hydrogens is 396 g/mol. The molecule has 0 spiro atoms. The molecular formula is C24H28N2O5. The molecule has 1 N–H and O–H groups in total. The van der Waals surface area contributed by atoms with Crippen molar-refractivity contribution in [1.29, 1.82) is 0 Å². The van der Waals surface area contributed by atoms with Gasteiger partial charge < -0.3 is 14.7 Å². The summed E-state index contributed by atoms with van der Waals surface area (Å²) in [6.45, 7) is 4.88. The largest absolute Gasteiger partial charge is 0.480 e. The zero-order chi connectivity index (χ0) is 22.8. The van der Waals surface area contributed by atoms with Gasteiger partial charge in [-0.15, -0.1) is 0 Å². The van der Waals surface area contributed by atoms with Crippen LogP contribution in [0, 0.1) is 0 Å². The summed E-state index contributed by atoms with van der Waals surface area (Å²) >= 11 is 0. The first-order chi connectivity index (χ1) is 14.6. The first-order valence-electron chi connectivity index (χ1n) is 10.2. The Morgan fingerprint density at radius 1 is 0.935 bits per heavy atom.